The highest BCUT2D eigenvalue weighted by atomic mass is 33.7. The molecule has 0 spiro atoms. The Morgan fingerprint density at radius 2 is 0.329 bits per heavy atom. The molecule has 0 saturated heterocycles. The summed E-state index contributed by atoms with van der Waals surface area (Å²) >= 11 is 0. The van der Waals surface area contributed by atoms with Crippen LogP contribution in [0.3, 0.4) is 0 Å². The highest BCUT2D eigenvalue weighted by Crippen LogP contribution is 2.63. The third-order valence-electron chi connectivity index (χ3n) is 10.4. The molecule has 422 valence electrons. The van der Waals surface area contributed by atoms with Gasteiger partial charge in [0.15, 0.2) is 8.57 Å². The lowest BCUT2D eigenvalue weighted by atomic mass is 10.5. The second-order valence-corrected chi connectivity index (χ2v) is 40.5. The van der Waals surface area contributed by atoms with Crippen LogP contribution in [0, 0.1) is 0 Å². The molecule has 0 bridgehead atoms. The molecule has 28 heteroatoms. The van der Waals surface area contributed by atoms with Crippen LogP contribution < -0.4 is 0 Å². The first-order valence-electron chi connectivity index (χ1n) is 25.9. The molecule has 0 heterocycles. The fraction of sp³-hybridized carbons (Fsp3) is 1.00. The van der Waals surface area contributed by atoms with E-state index in [0.717, 1.165) is 0 Å². The molecule has 0 aliphatic carbocycles. The minimum atomic E-state index is -4.04. The van der Waals surface area contributed by atoms with Crippen LogP contribution in [0.4, 0.5) is 0 Å². The molecule has 0 aliphatic heterocycles. The van der Waals surface area contributed by atoms with E-state index in [0.29, 0.717) is 24.3 Å². The van der Waals surface area contributed by atoms with Crippen molar-refractivity contribution in [2.24, 2.45) is 0 Å². The summed E-state index contributed by atoms with van der Waals surface area (Å²) in [5, 5.41) is 0. The Labute approximate surface area is 447 Å². The number of rotatable bonds is 51. The van der Waals surface area contributed by atoms with Crippen LogP contribution in [-0.4, -0.2) is 183 Å². The molecule has 0 saturated carbocycles. The maximum atomic E-state index is 6.92. The Balaban J connectivity index is 8.10. The molecule has 0 aliphatic rings. The minimum absolute atomic E-state index is 0.285. The first-order valence-corrected chi connectivity index (χ1v) is 41.4. The molecule has 0 radical (unpaired) electrons. The molecular formula is C42H98O18S4Si6. The fourth-order valence-electron chi connectivity index (χ4n) is 8.93. The van der Waals surface area contributed by atoms with Crippen molar-refractivity contribution < 1.29 is 79.7 Å². The van der Waals surface area contributed by atoms with Crippen molar-refractivity contribution in [3.8, 4) is 0 Å². The normalized spacial score (nSPS) is 13.8. The van der Waals surface area contributed by atoms with Gasteiger partial charge in [0.1, 0.15) is 0 Å². The Kier molecular flexibility index (Phi) is 40.5. The van der Waals surface area contributed by atoms with Gasteiger partial charge in [-0.15, -0.1) is 0 Å². The summed E-state index contributed by atoms with van der Waals surface area (Å²) in [6.07, 6.45) is 0.705. The molecular weight excluding hydrogens is 1090 g/mol. The van der Waals surface area contributed by atoms with E-state index < -0.39 is 61.4 Å². The average molecular weight is 1190 g/mol. The third-order valence-corrected chi connectivity index (χ3v) is 47.7. The van der Waals surface area contributed by atoms with Crippen molar-refractivity contribution >= 4 is 94.1 Å². The smallest absolute Gasteiger partial charge is 0.373 e. The summed E-state index contributed by atoms with van der Waals surface area (Å²) in [6.45, 7) is 40.0. The van der Waals surface area contributed by atoms with Gasteiger partial charge in [0.2, 0.25) is 0 Å². The van der Waals surface area contributed by atoms with Gasteiger partial charge in [0.05, 0.1) is 0 Å². The molecule has 0 rings (SSSR count). The second-order valence-electron chi connectivity index (χ2n) is 14.2. The monoisotopic (exact) mass is 1190 g/mol. The minimum Gasteiger partial charge on any atom is -0.373 e. The lowest BCUT2D eigenvalue weighted by Crippen LogP contribution is -2.82. The molecule has 0 atom stereocenters. The Morgan fingerprint density at radius 1 is 0.214 bits per heavy atom. The maximum absolute atomic E-state index is 6.92. The van der Waals surface area contributed by atoms with Crippen molar-refractivity contribution in [1.29, 1.82) is 0 Å². The SMILES string of the molecule is CCO[Si](OCC)(OCC)C(CCSSSSCCC([Si](OCC)(OCC)OCC)([Si](OCC)(OCC)OCC)[Si](OCC)(OCC)OCC)([Si](OCC)(OCC)OCC)[Si](OCC)(OCC)OCC. The summed E-state index contributed by atoms with van der Waals surface area (Å²) in [5.74, 6) is 1.07. The van der Waals surface area contributed by atoms with Crippen LogP contribution in [0.1, 0.15) is 137 Å². The fourth-order valence-corrected chi connectivity index (χ4v) is 48.4. The van der Waals surface area contributed by atoms with Crippen molar-refractivity contribution in [1.82, 2.24) is 0 Å². The summed E-state index contributed by atoms with van der Waals surface area (Å²) in [4.78, 5) is 0. The first-order chi connectivity index (χ1) is 33.8. The van der Waals surface area contributed by atoms with Gasteiger partial charge < -0.3 is 79.7 Å². The number of hydrogen-bond acceptors (Lipinski definition) is 22. The largest absolute Gasteiger partial charge is 0.516 e. The standard InChI is InChI=1S/C42H98O18S4Si6/c1-19-43-65(44-20-2,45-21-3)41(66(46-22-4,47-23-5)48-24-6,67(49-25-7,50-26-8)51-27-9)37-39-61-63-64-62-40-38-42(68(52-28-10,53-29-11)54-30-12,69(55-31-13,56-32-14)57-33-15)70(58-34-16,59-35-17)60-36-18/h19-40H2,1-18H3. The molecule has 0 N–H and O–H groups in total. The van der Waals surface area contributed by atoms with Crippen LogP contribution in [0.15, 0.2) is 0 Å². The van der Waals surface area contributed by atoms with Gasteiger partial charge in [-0.2, -0.15) is 0 Å². The van der Waals surface area contributed by atoms with E-state index in [1.54, 1.807) is 41.2 Å². The van der Waals surface area contributed by atoms with Gasteiger partial charge in [-0.3, -0.25) is 0 Å². The lowest BCUT2D eigenvalue weighted by molar-refractivity contribution is -0.0134. The average Bonchev–Trinajstić information content (AvgIpc) is 3.31. The summed E-state index contributed by atoms with van der Waals surface area (Å²) < 4.78 is 122. The predicted molar refractivity (Wildman–Crippen MR) is 299 cm³/mol. The van der Waals surface area contributed by atoms with Crippen LogP contribution in [0.25, 0.3) is 0 Å². The molecule has 0 unspecified atom stereocenters. The molecule has 0 aromatic heterocycles. The Bertz CT molecular complexity index is 965. The van der Waals surface area contributed by atoms with E-state index in [2.05, 4.69) is 0 Å². The Morgan fingerprint density at radius 3 is 0.429 bits per heavy atom. The summed E-state index contributed by atoms with van der Waals surface area (Å²) in [5.41, 5.74) is 0. The zero-order valence-electron chi connectivity index (χ0n) is 46.5. The van der Waals surface area contributed by atoms with Crippen molar-refractivity contribution in [2.45, 2.75) is 146 Å². The van der Waals surface area contributed by atoms with E-state index in [4.69, 9.17) is 79.7 Å². The van der Waals surface area contributed by atoms with Gasteiger partial charge in [-0.1, -0.05) is 21.6 Å². The second kappa shape index (κ2) is 39.4. The van der Waals surface area contributed by atoms with Crippen LogP contribution >= 0.6 is 41.2 Å². The van der Waals surface area contributed by atoms with Gasteiger partial charge in [0, 0.05) is 130 Å². The predicted octanol–water partition coefficient (Wildman–Crippen LogP) is 10.4. The zero-order valence-corrected chi connectivity index (χ0v) is 55.8. The van der Waals surface area contributed by atoms with E-state index in [9.17, 15) is 0 Å². The van der Waals surface area contributed by atoms with Crippen molar-refractivity contribution in [3.05, 3.63) is 0 Å². The summed E-state index contributed by atoms with van der Waals surface area (Å²) in [6, 6.07) is 0. The topological polar surface area (TPSA) is 166 Å². The van der Waals surface area contributed by atoms with E-state index >= 15 is 0 Å². The van der Waals surface area contributed by atoms with E-state index in [-0.39, 0.29) is 119 Å². The van der Waals surface area contributed by atoms with Crippen LogP contribution in [-0.2, 0) is 79.7 Å². The maximum Gasteiger partial charge on any atom is 0.516 e. The summed E-state index contributed by atoms with van der Waals surface area (Å²) in [7, 11) is -17.6. The molecule has 70 heavy (non-hydrogen) atoms. The van der Waals surface area contributed by atoms with Gasteiger partial charge in [-0.05, 0) is 157 Å². The zero-order chi connectivity index (χ0) is 53.1. The quantitative estimate of drug-likeness (QED) is 0.0320. The molecule has 0 aromatic carbocycles. The van der Waals surface area contributed by atoms with Gasteiger partial charge in [-0.25, -0.2) is 0 Å². The number of hydrogen-bond donors (Lipinski definition) is 0. The molecule has 0 amide bonds. The lowest BCUT2D eigenvalue weighted by Gasteiger charge is -2.55. The van der Waals surface area contributed by atoms with Gasteiger partial charge >= 0.3 is 52.8 Å². The molecule has 18 nitrogen and oxygen atoms in total. The van der Waals surface area contributed by atoms with Gasteiger partial charge in [0.25, 0.3) is 0 Å². The highest BCUT2D eigenvalue weighted by molar-refractivity contribution is 9.26. The van der Waals surface area contributed by atoms with Crippen LogP contribution in [0.2, 0.25) is 8.57 Å². The molecule has 0 fully saturated rings. The van der Waals surface area contributed by atoms with Crippen molar-refractivity contribution in [2.75, 3.05) is 130 Å². The third kappa shape index (κ3) is 16.8. The first kappa shape index (κ1) is 72.0. The van der Waals surface area contributed by atoms with E-state index in [1.165, 1.54) is 0 Å². The van der Waals surface area contributed by atoms with Crippen LogP contribution in [0.5, 0.6) is 0 Å². The highest BCUT2D eigenvalue weighted by Gasteiger charge is 2.91. The Hall–Kier alpha value is 1.98. The van der Waals surface area contributed by atoms with E-state index in [1.807, 2.05) is 125 Å². The molecule has 0 aromatic rings. The van der Waals surface area contributed by atoms with Crippen molar-refractivity contribution in [3.63, 3.8) is 0 Å².